The molecule has 150 valence electrons. The quantitative estimate of drug-likeness (QED) is 0.655. The van der Waals surface area contributed by atoms with Crippen molar-refractivity contribution in [2.45, 2.75) is 12.8 Å². The molecule has 0 spiro atoms. The second kappa shape index (κ2) is 8.08. The summed E-state index contributed by atoms with van der Waals surface area (Å²) in [7, 11) is 0. The average Bonchev–Trinajstić information content (AvgIpc) is 3.33. The fourth-order valence-corrected chi connectivity index (χ4v) is 5.00. The summed E-state index contributed by atoms with van der Waals surface area (Å²) in [5.74, 6) is 1.44. The van der Waals surface area contributed by atoms with Gasteiger partial charge in [0, 0.05) is 54.7 Å². The molecule has 2 aliphatic heterocycles. The first-order valence-electron chi connectivity index (χ1n) is 10.2. The van der Waals surface area contributed by atoms with Gasteiger partial charge in [-0.05, 0) is 36.6 Å². The number of anilines is 2. The minimum absolute atomic E-state index is 0.410. The summed E-state index contributed by atoms with van der Waals surface area (Å²) in [6, 6.07) is 6.55. The van der Waals surface area contributed by atoms with Crippen LogP contribution in [0.1, 0.15) is 17.8 Å². The second-order valence-electron chi connectivity index (χ2n) is 7.65. The zero-order valence-corrected chi connectivity index (χ0v) is 17.3. The molecule has 2 fully saturated rings. The largest absolute Gasteiger partial charge is 0.378 e. The number of thiazole rings is 1. The van der Waals surface area contributed by atoms with Gasteiger partial charge in [0.15, 0.2) is 0 Å². The van der Waals surface area contributed by atoms with E-state index in [0.29, 0.717) is 5.92 Å². The van der Waals surface area contributed by atoms with Crippen molar-refractivity contribution < 1.29 is 4.74 Å². The average molecular weight is 408 g/mol. The summed E-state index contributed by atoms with van der Waals surface area (Å²) in [5, 5.41) is 4.19. The summed E-state index contributed by atoms with van der Waals surface area (Å²) in [6.45, 7) is 9.71. The molecule has 2 aliphatic rings. The molecule has 0 saturated carbocycles. The second-order valence-corrected chi connectivity index (χ2v) is 8.54. The highest BCUT2D eigenvalue weighted by Crippen LogP contribution is 2.34. The van der Waals surface area contributed by atoms with Gasteiger partial charge in [-0.3, -0.25) is 0 Å². The number of fused-ring (bicyclic) bond motifs is 1. The SMILES string of the molecule is C=C(c1nccs1)C1CCCN(c2ncnc3cc(N4CCOCC4)ccc23)C1. The number of benzene rings is 1. The number of rotatable bonds is 4. The molecule has 0 bridgehead atoms. The Hall–Kier alpha value is -2.51. The number of ether oxygens (including phenoxy) is 1. The normalized spacial score (nSPS) is 20.2. The Balaban J connectivity index is 1.41. The van der Waals surface area contributed by atoms with Crippen LogP contribution in [0.4, 0.5) is 11.5 Å². The van der Waals surface area contributed by atoms with Crippen LogP contribution in [-0.4, -0.2) is 54.3 Å². The van der Waals surface area contributed by atoms with Crippen molar-refractivity contribution in [2.75, 3.05) is 49.2 Å². The van der Waals surface area contributed by atoms with Crippen LogP contribution in [0, 0.1) is 5.92 Å². The number of hydrogen-bond donors (Lipinski definition) is 0. The Morgan fingerprint density at radius 2 is 2.00 bits per heavy atom. The van der Waals surface area contributed by atoms with E-state index in [1.54, 1.807) is 17.7 Å². The molecule has 2 aromatic heterocycles. The number of piperidine rings is 1. The third-order valence-corrected chi connectivity index (χ3v) is 6.74. The van der Waals surface area contributed by atoms with E-state index in [1.807, 2.05) is 11.6 Å². The topological polar surface area (TPSA) is 54.4 Å². The lowest BCUT2D eigenvalue weighted by Gasteiger charge is -2.34. The molecule has 5 rings (SSSR count). The maximum Gasteiger partial charge on any atom is 0.139 e. The monoisotopic (exact) mass is 407 g/mol. The Morgan fingerprint density at radius 1 is 1.10 bits per heavy atom. The molecular weight excluding hydrogens is 382 g/mol. The summed E-state index contributed by atoms with van der Waals surface area (Å²) < 4.78 is 5.48. The van der Waals surface area contributed by atoms with E-state index in [0.717, 1.165) is 79.5 Å². The number of hydrogen-bond acceptors (Lipinski definition) is 7. The van der Waals surface area contributed by atoms with Gasteiger partial charge in [0.1, 0.15) is 17.2 Å². The molecule has 6 nitrogen and oxygen atoms in total. The lowest BCUT2D eigenvalue weighted by Crippen LogP contribution is -2.36. The highest BCUT2D eigenvalue weighted by atomic mass is 32.1. The van der Waals surface area contributed by atoms with Gasteiger partial charge in [0.2, 0.25) is 0 Å². The van der Waals surface area contributed by atoms with Gasteiger partial charge in [0.25, 0.3) is 0 Å². The first kappa shape index (κ1) is 18.5. The molecule has 1 atom stereocenters. The molecule has 7 heteroatoms. The molecular formula is C22H25N5OS. The Kier molecular flexibility index (Phi) is 5.16. The number of morpholine rings is 1. The summed E-state index contributed by atoms with van der Waals surface area (Å²) >= 11 is 1.67. The molecule has 1 unspecified atom stereocenters. The van der Waals surface area contributed by atoms with Crippen molar-refractivity contribution in [3.63, 3.8) is 0 Å². The molecule has 2 saturated heterocycles. The zero-order chi connectivity index (χ0) is 19.6. The molecule has 0 radical (unpaired) electrons. The smallest absolute Gasteiger partial charge is 0.139 e. The van der Waals surface area contributed by atoms with E-state index in [2.05, 4.69) is 49.5 Å². The van der Waals surface area contributed by atoms with E-state index in [4.69, 9.17) is 4.74 Å². The summed E-state index contributed by atoms with van der Waals surface area (Å²) in [6.07, 6.45) is 5.83. The molecule has 0 aliphatic carbocycles. The van der Waals surface area contributed by atoms with Gasteiger partial charge in [-0.25, -0.2) is 15.0 Å². The molecule has 3 aromatic rings. The Bertz CT molecular complexity index is 1000. The van der Waals surface area contributed by atoms with Gasteiger partial charge < -0.3 is 14.5 Å². The molecule has 0 amide bonds. The highest BCUT2D eigenvalue weighted by Gasteiger charge is 2.26. The summed E-state index contributed by atoms with van der Waals surface area (Å²) in [4.78, 5) is 18.4. The fraction of sp³-hybridized carbons (Fsp3) is 0.409. The van der Waals surface area contributed by atoms with Crippen LogP contribution in [-0.2, 0) is 4.74 Å². The first-order chi connectivity index (χ1) is 14.3. The van der Waals surface area contributed by atoms with Gasteiger partial charge in [-0.2, -0.15) is 0 Å². The molecule has 29 heavy (non-hydrogen) atoms. The standard InChI is InChI=1S/C22H25N5OS/c1-16(22-23-6-12-29-22)17-3-2-7-27(14-17)21-19-5-4-18(13-20(19)24-15-25-21)26-8-10-28-11-9-26/h4-6,12-13,15,17H,1-3,7-11,14H2. The van der Waals surface area contributed by atoms with Crippen LogP contribution in [0.3, 0.4) is 0 Å². The van der Waals surface area contributed by atoms with Crippen molar-refractivity contribution in [3.05, 3.63) is 47.7 Å². The molecule has 1 aromatic carbocycles. The first-order valence-corrected chi connectivity index (χ1v) is 11.1. The van der Waals surface area contributed by atoms with Crippen LogP contribution in [0.2, 0.25) is 0 Å². The number of nitrogens with zero attached hydrogens (tertiary/aromatic N) is 5. The Morgan fingerprint density at radius 3 is 2.83 bits per heavy atom. The lowest BCUT2D eigenvalue weighted by molar-refractivity contribution is 0.122. The van der Waals surface area contributed by atoms with Crippen LogP contribution < -0.4 is 9.80 Å². The van der Waals surface area contributed by atoms with Crippen molar-refractivity contribution in [2.24, 2.45) is 5.92 Å². The molecule has 0 N–H and O–H groups in total. The Labute approximate surface area is 174 Å². The van der Waals surface area contributed by atoms with Crippen molar-refractivity contribution >= 4 is 39.3 Å². The minimum Gasteiger partial charge on any atom is -0.378 e. The third-order valence-electron chi connectivity index (χ3n) is 5.90. The summed E-state index contributed by atoms with van der Waals surface area (Å²) in [5.41, 5.74) is 3.36. The van der Waals surface area contributed by atoms with Crippen LogP contribution in [0.15, 0.2) is 42.7 Å². The van der Waals surface area contributed by atoms with E-state index in [1.165, 1.54) is 5.69 Å². The predicted octanol–water partition coefficient (Wildman–Crippen LogP) is 3.85. The fourth-order valence-electron chi connectivity index (χ4n) is 4.31. The van der Waals surface area contributed by atoms with Crippen molar-refractivity contribution in [3.8, 4) is 0 Å². The van der Waals surface area contributed by atoms with Crippen LogP contribution >= 0.6 is 11.3 Å². The van der Waals surface area contributed by atoms with Crippen molar-refractivity contribution in [1.82, 2.24) is 15.0 Å². The van der Waals surface area contributed by atoms with Crippen LogP contribution in [0.25, 0.3) is 16.5 Å². The van der Waals surface area contributed by atoms with Crippen LogP contribution in [0.5, 0.6) is 0 Å². The van der Waals surface area contributed by atoms with Gasteiger partial charge in [-0.15, -0.1) is 11.3 Å². The number of aromatic nitrogens is 3. The maximum absolute atomic E-state index is 5.48. The zero-order valence-electron chi connectivity index (χ0n) is 16.5. The molecule has 4 heterocycles. The van der Waals surface area contributed by atoms with E-state index in [9.17, 15) is 0 Å². The third kappa shape index (κ3) is 3.72. The van der Waals surface area contributed by atoms with E-state index < -0.39 is 0 Å². The van der Waals surface area contributed by atoms with Gasteiger partial charge in [-0.1, -0.05) is 6.58 Å². The van der Waals surface area contributed by atoms with E-state index in [-0.39, 0.29) is 0 Å². The highest BCUT2D eigenvalue weighted by molar-refractivity contribution is 7.10. The van der Waals surface area contributed by atoms with Crippen molar-refractivity contribution in [1.29, 1.82) is 0 Å². The van der Waals surface area contributed by atoms with Gasteiger partial charge >= 0.3 is 0 Å². The predicted molar refractivity (Wildman–Crippen MR) is 119 cm³/mol. The minimum atomic E-state index is 0.410. The lowest BCUT2D eigenvalue weighted by atomic mass is 9.91. The van der Waals surface area contributed by atoms with E-state index >= 15 is 0 Å². The maximum atomic E-state index is 5.48. The van der Waals surface area contributed by atoms with Gasteiger partial charge in [0.05, 0.1) is 18.7 Å².